The average Bonchev–Trinajstić information content (AvgIpc) is 2.99. The van der Waals surface area contributed by atoms with Crippen LogP contribution in [0.1, 0.15) is 19.4 Å². The molecule has 0 spiro atoms. The molecule has 110 valence electrons. The topological polar surface area (TPSA) is 57.0 Å². The lowest BCUT2D eigenvalue weighted by molar-refractivity contribution is -0.131. The average molecular weight is 289 g/mol. The second kappa shape index (κ2) is 5.97. The number of benzene rings is 1. The number of ether oxygens (including phenoxy) is 1. The highest BCUT2D eigenvalue weighted by atomic mass is 19.1. The van der Waals surface area contributed by atoms with E-state index in [1.54, 1.807) is 32.0 Å². The molecule has 0 saturated heterocycles. The number of aromatic nitrogens is 3. The van der Waals surface area contributed by atoms with Crippen molar-refractivity contribution in [3.05, 3.63) is 48.3 Å². The Hall–Kier alpha value is -2.34. The quantitative estimate of drug-likeness (QED) is 0.793. The number of carbonyl (C=O) groups excluding carboxylic acids is 1. The molecule has 1 heterocycles. The van der Waals surface area contributed by atoms with Crippen molar-refractivity contribution >= 4 is 17.6 Å². The molecule has 0 aliphatic heterocycles. The van der Waals surface area contributed by atoms with Crippen molar-refractivity contribution in [2.75, 3.05) is 7.11 Å². The molecule has 5 nitrogen and oxygen atoms in total. The van der Waals surface area contributed by atoms with Crippen molar-refractivity contribution in [2.45, 2.75) is 19.4 Å². The first-order valence-corrected chi connectivity index (χ1v) is 6.37. The minimum absolute atomic E-state index is 0.185. The molecule has 0 saturated carbocycles. The van der Waals surface area contributed by atoms with Crippen molar-refractivity contribution < 1.29 is 13.9 Å². The van der Waals surface area contributed by atoms with E-state index in [-0.39, 0.29) is 11.5 Å². The largest absolute Gasteiger partial charge is 0.371 e. The van der Waals surface area contributed by atoms with Crippen LogP contribution in [0.3, 0.4) is 0 Å². The van der Waals surface area contributed by atoms with Crippen LogP contribution in [-0.4, -0.2) is 33.3 Å². The van der Waals surface area contributed by atoms with Crippen molar-refractivity contribution in [3.63, 3.8) is 0 Å². The van der Waals surface area contributed by atoms with Crippen molar-refractivity contribution in [2.24, 2.45) is 0 Å². The zero-order chi connectivity index (χ0) is 15.5. The standard InChI is InChI=1S/C15H16FN3O2/c1-15(2,21-3)14(20)13(19-10-17-9-18-19)8-11-6-4-5-7-12(11)16/h4-10H,1-3H3/b13-8-. The fraction of sp³-hybridized carbons (Fsp3) is 0.267. The Bertz CT molecular complexity index is 663. The summed E-state index contributed by atoms with van der Waals surface area (Å²) >= 11 is 0. The zero-order valence-electron chi connectivity index (χ0n) is 12.1. The second-order valence-electron chi connectivity index (χ2n) is 4.93. The molecule has 0 unspecified atom stereocenters. The van der Waals surface area contributed by atoms with Crippen LogP contribution in [0.15, 0.2) is 36.9 Å². The molecule has 2 rings (SSSR count). The fourth-order valence-corrected chi connectivity index (χ4v) is 1.71. The Morgan fingerprint density at radius 3 is 2.67 bits per heavy atom. The maximum Gasteiger partial charge on any atom is 0.212 e. The predicted octanol–water partition coefficient (Wildman–Crippen LogP) is 2.41. The van der Waals surface area contributed by atoms with E-state index in [0.717, 1.165) is 0 Å². The van der Waals surface area contributed by atoms with E-state index in [1.165, 1.54) is 36.6 Å². The Morgan fingerprint density at radius 2 is 2.10 bits per heavy atom. The van der Waals surface area contributed by atoms with E-state index in [1.807, 2.05) is 0 Å². The van der Waals surface area contributed by atoms with Gasteiger partial charge in [0.1, 0.15) is 29.8 Å². The molecule has 1 aromatic heterocycles. The van der Waals surface area contributed by atoms with Gasteiger partial charge in [-0.25, -0.2) is 14.1 Å². The highest BCUT2D eigenvalue weighted by molar-refractivity contribution is 6.23. The highest BCUT2D eigenvalue weighted by Crippen LogP contribution is 2.21. The van der Waals surface area contributed by atoms with E-state index < -0.39 is 11.4 Å². The maximum atomic E-state index is 13.8. The fourth-order valence-electron chi connectivity index (χ4n) is 1.71. The molecule has 0 aliphatic carbocycles. The van der Waals surface area contributed by atoms with Gasteiger partial charge in [0.05, 0.1) is 0 Å². The first-order chi connectivity index (χ1) is 9.95. The lowest BCUT2D eigenvalue weighted by atomic mass is 9.99. The smallest absolute Gasteiger partial charge is 0.212 e. The van der Waals surface area contributed by atoms with Crippen LogP contribution < -0.4 is 0 Å². The molecule has 0 fully saturated rings. The van der Waals surface area contributed by atoms with Crippen molar-refractivity contribution in [3.8, 4) is 0 Å². The van der Waals surface area contributed by atoms with Crippen molar-refractivity contribution in [1.29, 1.82) is 0 Å². The third kappa shape index (κ3) is 3.22. The van der Waals surface area contributed by atoms with E-state index in [4.69, 9.17) is 4.74 Å². The van der Waals surface area contributed by atoms with Crippen LogP contribution >= 0.6 is 0 Å². The number of hydrogen-bond donors (Lipinski definition) is 0. The predicted molar refractivity (Wildman–Crippen MR) is 76.7 cm³/mol. The van der Waals surface area contributed by atoms with E-state index in [0.29, 0.717) is 5.56 Å². The number of Topliss-reactive ketones (excluding diaryl/α,β-unsaturated/α-hetero) is 1. The summed E-state index contributed by atoms with van der Waals surface area (Å²) in [4.78, 5) is 16.4. The molecular weight excluding hydrogens is 273 g/mol. The third-order valence-corrected chi connectivity index (χ3v) is 3.15. The van der Waals surface area contributed by atoms with Gasteiger partial charge in [0.15, 0.2) is 0 Å². The van der Waals surface area contributed by atoms with Gasteiger partial charge in [0.25, 0.3) is 0 Å². The molecule has 0 radical (unpaired) electrons. The highest BCUT2D eigenvalue weighted by Gasteiger charge is 2.31. The lowest BCUT2D eigenvalue weighted by Gasteiger charge is -2.22. The third-order valence-electron chi connectivity index (χ3n) is 3.15. The number of nitrogens with zero attached hydrogens (tertiary/aromatic N) is 3. The number of ketones is 1. The van der Waals surface area contributed by atoms with Gasteiger partial charge in [-0.3, -0.25) is 4.79 Å². The summed E-state index contributed by atoms with van der Waals surface area (Å²) in [7, 11) is 1.44. The van der Waals surface area contributed by atoms with Crippen LogP contribution in [0.2, 0.25) is 0 Å². The Balaban J connectivity index is 2.53. The Kier molecular flexibility index (Phi) is 4.28. The van der Waals surface area contributed by atoms with Crippen LogP contribution in [0.5, 0.6) is 0 Å². The summed E-state index contributed by atoms with van der Waals surface area (Å²) in [5.74, 6) is -0.739. The van der Waals surface area contributed by atoms with Gasteiger partial charge in [-0.05, 0) is 26.0 Å². The number of carbonyl (C=O) groups is 1. The molecule has 0 N–H and O–H groups in total. The number of rotatable bonds is 5. The summed E-state index contributed by atoms with van der Waals surface area (Å²) in [6.07, 6.45) is 4.13. The Morgan fingerprint density at radius 1 is 1.38 bits per heavy atom. The van der Waals surface area contributed by atoms with E-state index in [9.17, 15) is 9.18 Å². The van der Waals surface area contributed by atoms with Gasteiger partial charge in [-0.2, -0.15) is 5.10 Å². The molecule has 0 bridgehead atoms. The van der Waals surface area contributed by atoms with E-state index >= 15 is 0 Å². The number of hydrogen-bond acceptors (Lipinski definition) is 4. The minimum Gasteiger partial charge on any atom is -0.371 e. The van der Waals surface area contributed by atoms with Gasteiger partial charge < -0.3 is 4.74 Å². The number of methoxy groups -OCH3 is 1. The summed E-state index contributed by atoms with van der Waals surface area (Å²) < 4.78 is 20.3. The first kappa shape index (κ1) is 15.1. The van der Waals surface area contributed by atoms with Crippen molar-refractivity contribution in [1.82, 2.24) is 14.8 Å². The summed E-state index contributed by atoms with van der Waals surface area (Å²) in [6, 6.07) is 6.19. The van der Waals surface area contributed by atoms with Gasteiger partial charge in [0, 0.05) is 12.7 Å². The molecule has 1 aromatic carbocycles. The normalized spacial score (nSPS) is 12.5. The summed E-state index contributed by atoms with van der Waals surface area (Å²) in [5.41, 5.74) is -0.573. The second-order valence-corrected chi connectivity index (χ2v) is 4.93. The van der Waals surface area contributed by atoms with Gasteiger partial charge >= 0.3 is 0 Å². The zero-order valence-corrected chi connectivity index (χ0v) is 12.1. The monoisotopic (exact) mass is 289 g/mol. The molecule has 0 atom stereocenters. The molecule has 6 heteroatoms. The molecule has 21 heavy (non-hydrogen) atoms. The van der Waals surface area contributed by atoms with Crippen LogP contribution in [-0.2, 0) is 9.53 Å². The number of halogens is 1. The molecule has 0 amide bonds. The minimum atomic E-state index is -1.05. The van der Waals surface area contributed by atoms with E-state index in [2.05, 4.69) is 10.1 Å². The Labute approximate surface area is 122 Å². The van der Waals surface area contributed by atoms with Gasteiger partial charge in [0.2, 0.25) is 5.78 Å². The molecular formula is C15H16FN3O2. The summed E-state index contributed by atoms with van der Waals surface area (Å²) in [6.45, 7) is 3.28. The summed E-state index contributed by atoms with van der Waals surface area (Å²) in [5, 5.41) is 3.95. The molecule has 0 aliphatic rings. The first-order valence-electron chi connectivity index (χ1n) is 6.37. The maximum absolute atomic E-state index is 13.8. The lowest BCUT2D eigenvalue weighted by Crippen LogP contribution is -2.35. The van der Waals surface area contributed by atoms with Crippen LogP contribution in [0, 0.1) is 5.82 Å². The molecule has 2 aromatic rings. The van der Waals surface area contributed by atoms with Crippen LogP contribution in [0.4, 0.5) is 4.39 Å². The van der Waals surface area contributed by atoms with Gasteiger partial charge in [-0.15, -0.1) is 0 Å². The van der Waals surface area contributed by atoms with Crippen LogP contribution in [0.25, 0.3) is 11.8 Å². The van der Waals surface area contributed by atoms with Gasteiger partial charge in [-0.1, -0.05) is 18.2 Å². The SMILES string of the molecule is COC(C)(C)C(=O)/C(=C/c1ccccc1F)n1cncn1.